The number of fused-ring (bicyclic) bond motifs is 1. The number of hydrogen-bond donors (Lipinski definition) is 1. The minimum atomic E-state index is -1.03. The summed E-state index contributed by atoms with van der Waals surface area (Å²) in [5.74, 6) is -2.42. The molecule has 1 unspecified atom stereocenters. The Labute approximate surface area is 187 Å². The van der Waals surface area contributed by atoms with Gasteiger partial charge in [-0.1, -0.05) is 24.3 Å². The summed E-state index contributed by atoms with van der Waals surface area (Å²) in [6, 6.07) is 14.4. The predicted octanol–water partition coefficient (Wildman–Crippen LogP) is 4.76. The van der Waals surface area contributed by atoms with E-state index in [9.17, 15) is 19.1 Å². The van der Waals surface area contributed by atoms with Crippen molar-refractivity contribution in [1.82, 2.24) is 4.98 Å². The molecule has 33 heavy (non-hydrogen) atoms. The number of ketones is 1. The fourth-order valence-electron chi connectivity index (χ4n) is 4.02. The molecule has 4 aromatic rings. The first-order valence-corrected chi connectivity index (χ1v) is 10.0. The van der Waals surface area contributed by atoms with Gasteiger partial charge in [0.15, 0.2) is 22.9 Å². The SMILES string of the molecule is COc1cccc2cc(C(=O)C3=C(O)C(=O)N(c4cccc(F)c4)C3c3cccnc3)oc12. The van der Waals surface area contributed by atoms with E-state index >= 15 is 0 Å². The summed E-state index contributed by atoms with van der Waals surface area (Å²) in [5, 5.41) is 11.4. The number of para-hydroxylation sites is 1. The number of pyridine rings is 1. The molecule has 0 aliphatic carbocycles. The van der Waals surface area contributed by atoms with Gasteiger partial charge >= 0.3 is 0 Å². The molecule has 0 saturated carbocycles. The van der Waals surface area contributed by atoms with Crippen LogP contribution in [0.2, 0.25) is 0 Å². The third kappa shape index (κ3) is 3.32. The fraction of sp³-hybridized carbons (Fsp3) is 0.0800. The quantitative estimate of drug-likeness (QED) is 0.446. The van der Waals surface area contributed by atoms with Gasteiger partial charge in [-0.2, -0.15) is 0 Å². The molecule has 2 aromatic carbocycles. The molecule has 0 fully saturated rings. The van der Waals surface area contributed by atoms with Gasteiger partial charge in [-0.3, -0.25) is 19.5 Å². The van der Waals surface area contributed by atoms with Crippen molar-refractivity contribution >= 4 is 28.3 Å². The summed E-state index contributed by atoms with van der Waals surface area (Å²) in [6.07, 6.45) is 3.03. The van der Waals surface area contributed by atoms with Gasteiger partial charge in [-0.05, 0) is 42.0 Å². The zero-order valence-corrected chi connectivity index (χ0v) is 17.4. The average Bonchev–Trinajstić information content (AvgIpc) is 3.38. The van der Waals surface area contributed by atoms with Crippen molar-refractivity contribution in [2.75, 3.05) is 12.0 Å². The lowest BCUT2D eigenvalue weighted by atomic mass is 9.96. The minimum Gasteiger partial charge on any atom is -0.503 e. The van der Waals surface area contributed by atoms with Crippen molar-refractivity contribution in [2.45, 2.75) is 6.04 Å². The number of rotatable bonds is 5. The molecule has 2 aromatic heterocycles. The van der Waals surface area contributed by atoms with Crippen molar-refractivity contribution < 1.29 is 28.2 Å². The lowest BCUT2D eigenvalue weighted by Gasteiger charge is -2.26. The van der Waals surface area contributed by atoms with E-state index in [1.165, 1.54) is 42.5 Å². The van der Waals surface area contributed by atoms with Crippen LogP contribution < -0.4 is 9.64 Å². The van der Waals surface area contributed by atoms with E-state index in [-0.39, 0.29) is 17.0 Å². The van der Waals surface area contributed by atoms with Gasteiger partial charge in [0.25, 0.3) is 5.91 Å². The van der Waals surface area contributed by atoms with Crippen molar-refractivity contribution in [3.05, 3.63) is 102 Å². The lowest BCUT2D eigenvalue weighted by molar-refractivity contribution is -0.117. The Kier molecular flexibility index (Phi) is 4.90. The van der Waals surface area contributed by atoms with E-state index in [0.29, 0.717) is 22.3 Å². The molecule has 1 N–H and O–H groups in total. The number of methoxy groups -OCH3 is 1. The summed E-state index contributed by atoms with van der Waals surface area (Å²) >= 11 is 0. The molecule has 164 valence electrons. The van der Waals surface area contributed by atoms with Gasteiger partial charge in [0, 0.05) is 23.5 Å². The van der Waals surface area contributed by atoms with Crippen LogP contribution in [0.25, 0.3) is 11.0 Å². The first-order chi connectivity index (χ1) is 16.0. The van der Waals surface area contributed by atoms with Crippen molar-refractivity contribution in [3.63, 3.8) is 0 Å². The Hall–Kier alpha value is -4.46. The van der Waals surface area contributed by atoms with Crippen LogP contribution in [-0.4, -0.2) is 28.9 Å². The number of amides is 1. The van der Waals surface area contributed by atoms with Crippen LogP contribution in [0.4, 0.5) is 10.1 Å². The van der Waals surface area contributed by atoms with Crippen LogP contribution >= 0.6 is 0 Å². The molecule has 0 spiro atoms. The highest BCUT2D eigenvalue weighted by atomic mass is 19.1. The summed E-state index contributed by atoms with van der Waals surface area (Å²) < 4.78 is 25.0. The third-order valence-corrected chi connectivity index (χ3v) is 5.49. The number of nitrogens with zero attached hydrogens (tertiary/aromatic N) is 2. The monoisotopic (exact) mass is 444 g/mol. The largest absolute Gasteiger partial charge is 0.503 e. The number of Topliss-reactive ketones (excluding diaryl/α,β-unsaturated/α-hetero) is 1. The number of aromatic nitrogens is 1. The highest BCUT2D eigenvalue weighted by Gasteiger charge is 2.45. The van der Waals surface area contributed by atoms with Crippen LogP contribution in [0, 0.1) is 5.82 Å². The second kappa shape index (κ2) is 7.90. The minimum absolute atomic E-state index is 0.0705. The Morgan fingerprint density at radius 1 is 1.15 bits per heavy atom. The van der Waals surface area contributed by atoms with E-state index in [0.717, 1.165) is 6.07 Å². The Morgan fingerprint density at radius 2 is 1.97 bits per heavy atom. The first kappa shape index (κ1) is 20.4. The van der Waals surface area contributed by atoms with Crippen LogP contribution in [0.5, 0.6) is 5.75 Å². The molecule has 3 heterocycles. The predicted molar refractivity (Wildman–Crippen MR) is 118 cm³/mol. The molecule has 1 aliphatic rings. The molecule has 0 bridgehead atoms. The molecule has 7 nitrogen and oxygen atoms in total. The number of hydrogen-bond acceptors (Lipinski definition) is 6. The van der Waals surface area contributed by atoms with Gasteiger partial charge in [0.05, 0.1) is 18.7 Å². The molecule has 1 atom stereocenters. The zero-order valence-electron chi connectivity index (χ0n) is 17.4. The topological polar surface area (TPSA) is 92.9 Å². The van der Waals surface area contributed by atoms with Crippen LogP contribution in [0.3, 0.4) is 0 Å². The van der Waals surface area contributed by atoms with E-state index in [4.69, 9.17) is 9.15 Å². The summed E-state index contributed by atoms with van der Waals surface area (Å²) in [7, 11) is 1.48. The average molecular weight is 444 g/mol. The normalized spacial score (nSPS) is 16.0. The number of benzene rings is 2. The third-order valence-electron chi connectivity index (χ3n) is 5.49. The van der Waals surface area contributed by atoms with Gasteiger partial charge in [0.2, 0.25) is 5.78 Å². The number of halogens is 1. The Balaban J connectivity index is 1.66. The van der Waals surface area contributed by atoms with Crippen molar-refractivity contribution in [2.24, 2.45) is 0 Å². The van der Waals surface area contributed by atoms with Gasteiger partial charge in [-0.25, -0.2) is 4.39 Å². The van der Waals surface area contributed by atoms with E-state index in [1.54, 1.807) is 36.5 Å². The second-order valence-corrected chi connectivity index (χ2v) is 7.42. The van der Waals surface area contributed by atoms with E-state index in [1.807, 2.05) is 0 Å². The Bertz CT molecular complexity index is 1430. The number of carbonyl (C=O) groups is 2. The molecule has 1 amide bonds. The smallest absolute Gasteiger partial charge is 0.294 e. The molecule has 0 radical (unpaired) electrons. The standard InChI is InChI=1S/C25H17FN2O5/c1-32-18-9-2-5-14-11-19(33-24(14)18)22(29)20-21(15-6-4-10-27-13-15)28(25(31)23(20)30)17-8-3-7-16(26)12-17/h2-13,21,30H,1H3. The highest BCUT2D eigenvalue weighted by Crippen LogP contribution is 2.42. The summed E-state index contributed by atoms with van der Waals surface area (Å²) in [6.45, 7) is 0. The number of aliphatic hydroxyl groups excluding tert-OH is 1. The van der Waals surface area contributed by atoms with E-state index < -0.39 is 29.3 Å². The van der Waals surface area contributed by atoms with Gasteiger partial charge in [-0.15, -0.1) is 0 Å². The maximum absolute atomic E-state index is 14.0. The molecular weight excluding hydrogens is 427 g/mol. The lowest BCUT2D eigenvalue weighted by Crippen LogP contribution is -2.31. The molecular formula is C25H17FN2O5. The molecule has 5 rings (SSSR count). The van der Waals surface area contributed by atoms with Crippen molar-refractivity contribution in [1.29, 1.82) is 0 Å². The van der Waals surface area contributed by atoms with E-state index in [2.05, 4.69) is 4.98 Å². The van der Waals surface area contributed by atoms with Crippen LogP contribution in [-0.2, 0) is 4.79 Å². The number of aliphatic hydroxyl groups is 1. The number of anilines is 1. The second-order valence-electron chi connectivity index (χ2n) is 7.42. The summed E-state index contributed by atoms with van der Waals surface area (Å²) in [4.78, 5) is 31.9. The van der Waals surface area contributed by atoms with Gasteiger partial charge in [0.1, 0.15) is 5.82 Å². The molecule has 0 saturated heterocycles. The fourth-order valence-corrected chi connectivity index (χ4v) is 4.02. The number of furan rings is 1. The Morgan fingerprint density at radius 3 is 2.70 bits per heavy atom. The van der Waals surface area contributed by atoms with Crippen molar-refractivity contribution in [3.8, 4) is 5.75 Å². The number of carbonyl (C=O) groups excluding carboxylic acids is 2. The first-order valence-electron chi connectivity index (χ1n) is 10.0. The maximum atomic E-state index is 14.0. The molecule has 8 heteroatoms. The molecule has 1 aliphatic heterocycles. The maximum Gasteiger partial charge on any atom is 0.294 e. The summed E-state index contributed by atoms with van der Waals surface area (Å²) in [5.41, 5.74) is 0.841. The highest BCUT2D eigenvalue weighted by molar-refractivity contribution is 6.20. The van der Waals surface area contributed by atoms with Gasteiger partial charge < -0.3 is 14.3 Å². The van der Waals surface area contributed by atoms with Crippen LogP contribution in [0.1, 0.15) is 22.2 Å². The van der Waals surface area contributed by atoms with Crippen LogP contribution in [0.15, 0.2) is 88.8 Å². The number of ether oxygens (including phenoxy) is 1. The zero-order chi connectivity index (χ0) is 23.1.